The number of methoxy groups -OCH3 is 1. The van der Waals surface area contributed by atoms with Crippen LogP contribution in [0.15, 0.2) is 40.7 Å². The van der Waals surface area contributed by atoms with Gasteiger partial charge in [-0.25, -0.2) is 0 Å². The number of rotatable bonds is 8. The molecule has 3 aromatic rings. The summed E-state index contributed by atoms with van der Waals surface area (Å²) < 4.78 is 6.92. The van der Waals surface area contributed by atoms with Crippen LogP contribution in [0.4, 0.5) is 10.8 Å². The Kier molecular flexibility index (Phi) is 7.67. The summed E-state index contributed by atoms with van der Waals surface area (Å²) in [5.41, 5.74) is 0.830. The van der Waals surface area contributed by atoms with Gasteiger partial charge in [0, 0.05) is 37.6 Å². The quantitative estimate of drug-likeness (QED) is 0.463. The molecule has 3 heterocycles. The Bertz CT molecular complexity index is 1020. The zero-order chi connectivity index (χ0) is 21.6. The summed E-state index contributed by atoms with van der Waals surface area (Å²) in [7, 11) is 1.63. The molecule has 0 aliphatic carbocycles. The molecule has 1 aliphatic rings. The Labute approximate surface area is 198 Å². The lowest BCUT2D eigenvalue weighted by atomic mass is 10.3. The van der Waals surface area contributed by atoms with Crippen molar-refractivity contribution in [1.29, 1.82) is 0 Å². The largest absolute Gasteiger partial charge is 0.495 e. The molecular weight excluding hydrogens is 474 g/mol. The number of nitrogens with one attached hydrogen (secondary N) is 1. The highest BCUT2D eigenvalue weighted by atomic mass is 35.5. The number of para-hydroxylation sites is 2. The number of halogens is 1. The third kappa shape index (κ3) is 6.11. The minimum atomic E-state index is 0.137. The van der Waals surface area contributed by atoms with Gasteiger partial charge in [0.2, 0.25) is 11.0 Å². The van der Waals surface area contributed by atoms with Gasteiger partial charge < -0.3 is 15.0 Å². The van der Waals surface area contributed by atoms with Gasteiger partial charge in [0.05, 0.1) is 22.9 Å². The molecule has 7 nitrogen and oxygen atoms in total. The molecule has 0 bridgehead atoms. The van der Waals surface area contributed by atoms with E-state index in [1.807, 2.05) is 35.2 Å². The predicted molar refractivity (Wildman–Crippen MR) is 128 cm³/mol. The Morgan fingerprint density at radius 3 is 2.71 bits per heavy atom. The summed E-state index contributed by atoms with van der Waals surface area (Å²) in [4.78, 5) is 18.2. The minimum Gasteiger partial charge on any atom is -0.495 e. The molecule has 164 valence electrons. The van der Waals surface area contributed by atoms with Crippen molar-refractivity contribution in [2.45, 2.75) is 10.9 Å². The van der Waals surface area contributed by atoms with Crippen LogP contribution in [0.1, 0.15) is 4.88 Å². The van der Waals surface area contributed by atoms with Crippen molar-refractivity contribution in [2.24, 2.45) is 0 Å². The molecule has 1 aromatic carbocycles. The van der Waals surface area contributed by atoms with Gasteiger partial charge in [-0.2, -0.15) is 0 Å². The van der Waals surface area contributed by atoms with E-state index < -0.39 is 0 Å². The number of nitrogens with zero attached hydrogens (tertiary/aromatic N) is 4. The molecular formula is C20H22ClN5O2S3. The number of ether oxygens (including phenoxy) is 1. The summed E-state index contributed by atoms with van der Waals surface area (Å²) in [5, 5.41) is 12.2. The third-order valence-electron chi connectivity index (χ3n) is 4.81. The van der Waals surface area contributed by atoms with Crippen LogP contribution in [0.5, 0.6) is 5.75 Å². The standard InChI is InChI=1S/C20H22ClN5O2S3/c1-28-16-5-3-2-4-15(16)22-19-23-24-20(31-19)29-13-18(27)26-10-8-25(9-11-26)12-14-6-7-17(21)30-14/h2-7H,8-13H2,1H3,(H,22,23). The fourth-order valence-corrected chi connectivity index (χ4v) is 6.01. The van der Waals surface area contributed by atoms with Crippen LogP contribution in [0.25, 0.3) is 0 Å². The predicted octanol–water partition coefficient (Wildman–Crippen LogP) is 4.44. The highest BCUT2D eigenvalue weighted by Crippen LogP contribution is 2.31. The van der Waals surface area contributed by atoms with E-state index in [9.17, 15) is 4.79 Å². The number of piperazine rings is 1. The van der Waals surface area contributed by atoms with Crippen molar-refractivity contribution in [1.82, 2.24) is 20.0 Å². The normalized spacial score (nSPS) is 14.6. The minimum absolute atomic E-state index is 0.137. The van der Waals surface area contributed by atoms with Crippen LogP contribution in [-0.2, 0) is 11.3 Å². The second kappa shape index (κ2) is 10.6. The van der Waals surface area contributed by atoms with E-state index in [0.717, 1.165) is 52.8 Å². The number of carbonyl (C=O) groups is 1. The van der Waals surface area contributed by atoms with Crippen LogP contribution in [0, 0.1) is 0 Å². The van der Waals surface area contributed by atoms with E-state index in [4.69, 9.17) is 16.3 Å². The van der Waals surface area contributed by atoms with Crippen molar-refractivity contribution in [2.75, 3.05) is 44.4 Å². The molecule has 0 unspecified atom stereocenters. The topological polar surface area (TPSA) is 70.6 Å². The van der Waals surface area contributed by atoms with Gasteiger partial charge in [0.1, 0.15) is 5.75 Å². The zero-order valence-corrected chi connectivity index (χ0v) is 20.1. The number of anilines is 2. The number of thiophene rings is 1. The van der Waals surface area contributed by atoms with Gasteiger partial charge in [0.25, 0.3) is 0 Å². The van der Waals surface area contributed by atoms with E-state index in [2.05, 4.69) is 26.5 Å². The highest BCUT2D eigenvalue weighted by molar-refractivity contribution is 8.01. The van der Waals surface area contributed by atoms with Gasteiger partial charge >= 0.3 is 0 Å². The first-order chi connectivity index (χ1) is 15.1. The molecule has 0 radical (unpaired) electrons. The molecule has 0 saturated carbocycles. The van der Waals surface area contributed by atoms with E-state index in [0.29, 0.717) is 10.9 Å². The summed E-state index contributed by atoms with van der Waals surface area (Å²) in [6.45, 7) is 4.13. The molecule has 0 spiro atoms. The van der Waals surface area contributed by atoms with Crippen LogP contribution in [0.3, 0.4) is 0 Å². The lowest BCUT2D eigenvalue weighted by Crippen LogP contribution is -2.48. The smallest absolute Gasteiger partial charge is 0.233 e. The van der Waals surface area contributed by atoms with Crippen molar-refractivity contribution in [3.05, 3.63) is 45.6 Å². The van der Waals surface area contributed by atoms with Gasteiger partial charge in [-0.3, -0.25) is 9.69 Å². The van der Waals surface area contributed by atoms with Crippen molar-refractivity contribution < 1.29 is 9.53 Å². The van der Waals surface area contributed by atoms with Crippen LogP contribution >= 0.6 is 46.0 Å². The van der Waals surface area contributed by atoms with E-state index >= 15 is 0 Å². The van der Waals surface area contributed by atoms with Gasteiger partial charge in [-0.1, -0.05) is 46.8 Å². The second-order valence-electron chi connectivity index (χ2n) is 6.85. The van der Waals surface area contributed by atoms with Gasteiger partial charge in [-0.05, 0) is 24.3 Å². The molecule has 1 fully saturated rings. The van der Waals surface area contributed by atoms with Gasteiger partial charge in [-0.15, -0.1) is 21.5 Å². The summed E-state index contributed by atoms with van der Waals surface area (Å²) in [5.74, 6) is 1.24. The monoisotopic (exact) mass is 495 g/mol. The summed E-state index contributed by atoms with van der Waals surface area (Å²) in [6, 6.07) is 11.6. The number of hydrogen-bond acceptors (Lipinski definition) is 9. The van der Waals surface area contributed by atoms with E-state index in [1.165, 1.54) is 28.0 Å². The molecule has 4 rings (SSSR count). The Morgan fingerprint density at radius 2 is 1.97 bits per heavy atom. The SMILES string of the molecule is COc1ccccc1Nc1nnc(SCC(=O)N2CCN(Cc3ccc(Cl)s3)CC2)s1. The maximum atomic E-state index is 12.6. The first kappa shape index (κ1) is 22.3. The number of benzene rings is 1. The Morgan fingerprint density at radius 1 is 1.16 bits per heavy atom. The summed E-state index contributed by atoms with van der Waals surface area (Å²) in [6.07, 6.45) is 0. The molecule has 1 amide bonds. The fraction of sp³-hybridized carbons (Fsp3) is 0.350. The maximum Gasteiger partial charge on any atom is 0.233 e. The Balaban J connectivity index is 1.22. The van der Waals surface area contributed by atoms with Gasteiger partial charge in [0.15, 0.2) is 4.34 Å². The van der Waals surface area contributed by atoms with Crippen molar-refractivity contribution in [3.8, 4) is 5.75 Å². The molecule has 2 aromatic heterocycles. The van der Waals surface area contributed by atoms with Crippen molar-refractivity contribution >= 4 is 62.8 Å². The molecule has 31 heavy (non-hydrogen) atoms. The number of aromatic nitrogens is 2. The number of amides is 1. The molecule has 0 atom stereocenters. The number of carbonyl (C=O) groups excluding carboxylic acids is 1. The van der Waals surface area contributed by atoms with E-state index in [-0.39, 0.29) is 5.91 Å². The maximum absolute atomic E-state index is 12.6. The number of hydrogen-bond donors (Lipinski definition) is 1. The van der Waals surface area contributed by atoms with Crippen LogP contribution < -0.4 is 10.1 Å². The van der Waals surface area contributed by atoms with Crippen LogP contribution in [-0.4, -0.2) is 64.9 Å². The van der Waals surface area contributed by atoms with Crippen molar-refractivity contribution in [3.63, 3.8) is 0 Å². The lowest BCUT2D eigenvalue weighted by Gasteiger charge is -2.34. The average molecular weight is 496 g/mol. The highest BCUT2D eigenvalue weighted by Gasteiger charge is 2.22. The lowest BCUT2D eigenvalue weighted by molar-refractivity contribution is -0.130. The number of thioether (sulfide) groups is 1. The average Bonchev–Trinajstić information content (AvgIpc) is 3.41. The Hall–Kier alpha value is -1.85. The molecule has 1 saturated heterocycles. The fourth-order valence-electron chi connectivity index (χ4n) is 3.21. The first-order valence-electron chi connectivity index (χ1n) is 9.71. The molecule has 1 N–H and O–H groups in total. The molecule has 11 heteroatoms. The van der Waals surface area contributed by atoms with Crippen LogP contribution in [0.2, 0.25) is 4.34 Å². The second-order valence-corrected chi connectivity index (χ2v) is 10.8. The molecule has 1 aliphatic heterocycles. The third-order valence-corrected chi connectivity index (χ3v) is 7.98. The summed E-state index contributed by atoms with van der Waals surface area (Å²) >= 11 is 10.5. The first-order valence-corrected chi connectivity index (χ1v) is 12.7. The zero-order valence-electron chi connectivity index (χ0n) is 16.9. The van der Waals surface area contributed by atoms with E-state index in [1.54, 1.807) is 18.4 Å².